The zero-order valence-corrected chi connectivity index (χ0v) is 11.3. The van der Waals surface area contributed by atoms with E-state index in [0.717, 1.165) is 13.0 Å². The van der Waals surface area contributed by atoms with Crippen molar-refractivity contribution in [3.05, 3.63) is 34.9 Å². The molecule has 0 saturated heterocycles. The van der Waals surface area contributed by atoms with E-state index in [4.69, 9.17) is 5.73 Å². The predicted octanol–water partition coefficient (Wildman–Crippen LogP) is 3.72. The molecule has 1 heteroatoms. The van der Waals surface area contributed by atoms with Crippen molar-refractivity contribution in [3.8, 4) is 0 Å². The van der Waals surface area contributed by atoms with Crippen LogP contribution in [0.2, 0.25) is 0 Å². The molecule has 1 nitrogen and oxygen atoms in total. The van der Waals surface area contributed by atoms with Crippen LogP contribution >= 0.6 is 0 Å². The summed E-state index contributed by atoms with van der Waals surface area (Å²) in [5.41, 5.74) is 10.8. The summed E-state index contributed by atoms with van der Waals surface area (Å²) < 4.78 is 0. The largest absolute Gasteiger partial charge is 0.330 e. The number of benzene rings is 1. The van der Waals surface area contributed by atoms with Gasteiger partial charge in [-0.3, -0.25) is 0 Å². The quantitative estimate of drug-likeness (QED) is 0.843. The minimum atomic E-state index is 0.274. The number of hydrogen-bond acceptors (Lipinski definition) is 1. The third-order valence-corrected chi connectivity index (χ3v) is 4.54. The van der Waals surface area contributed by atoms with Crippen molar-refractivity contribution in [2.45, 2.75) is 57.8 Å². The first-order chi connectivity index (χ1) is 8.22. The average molecular weight is 231 g/mol. The molecule has 0 aliphatic heterocycles. The van der Waals surface area contributed by atoms with Crippen LogP contribution in [-0.2, 0) is 11.8 Å². The van der Waals surface area contributed by atoms with Crippen LogP contribution in [0.1, 0.15) is 55.7 Å². The highest BCUT2D eigenvalue weighted by atomic mass is 14.6. The highest BCUT2D eigenvalue weighted by molar-refractivity contribution is 5.36. The second-order valence-electron chi connectivity index (χ2n) is 5.54. The van der Waals surface area contributed by atoms with Crippen LogP contribution in [0.4, 0.5) is 0 Å². The number of rotatable bonds is 3. The Labute approximate surface area is 105 Å². The Balaban J connectivity index is 2.36. The van der Waals surface area contributed by atoms with Crippen molar-refractivity contribution < 1.29 is 0 Å². The smallest absolute Gasteiger partial charge is 0.00756 e. The molecule has 2 N–H and O–H groups in total. The Morgan fingerprint density at radius 1 is 1.18 bits per heavy atom. The monoisotopic (exact) mass is 231 g/mol. The maximum Gasteiger partial charge on any atom is 0.00756 e. The van der Waals surface area contributed by atoms with Crippen LogP contribution in [0, 0.1) is 6.92 Å². The van der Waals surface area contributed by atoms with Crippen LogP contribution < -0.4 is 5.73 Å². The normalized spacial score (nSPS) is 19.2. The van der Waals surface area contributed by atoms with E-state index in [2.05, 4.69) is 32.0 Å². The molecule has 1 saturated carbocycles. The van der Waals surface area contributed by atoms with Gasteiger partial charge in [-0.05, 0) is 42.9 Å². The highest BCUT2D eigenvalue weighted by Crippen LogP contribution is 2.39. The molecule has 0 amide bonds. The molecule has 0 unspecified atom stereocenters. The van der Waals surface area contributed by atoms with Crippen molar-refractivity contribution in [1.29, 1.82) is 0 Å². The lowest BCUT2D eigenvalue weighted by molar-refractivity contribution is 0.300. The Hall–Kier alpha value is -0.820. The summed E-state index contributed by atoms with van der Waals surface area (Å²) in [6, 6.07) is 7.00. The first-order valence-electron chi connectivity index (χ1n) is 7.02. The zero-order valence-electron chi connectivity index (χ0n) is 11.3. The lowest BCUT2D eigenvalue weighted by atomic mass is 9.69. The minimum absolute atomic E-state index is 0.274. The SMILES string of the molecule is CCc1cc(C2(CN)CCCCC2)ccc1C. The highest BCUT2D eigenvalue weighted by Gasteiger charge is 2.32. The van der Waals surface area contributed by atoms with Crippen molar-refractivity contribution in [1.82, 2.24) is 0 Å². The second-order valence-corrected chi connectivity index (χ2v) is 5.54. The average Bonchev–Trinajstić information content (AvgIpc) is 2.40. The molecule has 17 heavy (non-hydrogen) atoms. The van der Waals surface area contributed by atoms with E-state index in [1.54, 1.807) is 0 Å². The Morgan fingerprint density at radius 2 is 1.88 bits per heavy atom. The van der Waals surface area contributed by atoms with E-state index < -0.39 is 0 Å². The Morgan fingerprint density at radius 3 is 2.47 bits per heavy atom. The molecule has 1 aromatic carbocycles. The molecule has 0 radical (unpaired) electrons. The molecule has 0 atom stereocenters. The van der Waals surface area contributed by atoms with Crippen molar-refractivity contribution in [3.63, 3.8) is 0 Å². The van der Waals surface area contributed by atoms with E-state index >= 15 is 0 Å². The summed E-state index contributed by atoms with van der Waals surface area (Å²) in [5.74, 6) is 0. The van der Waals surface area contributed by atoms with Crippen molar-refractivity contribution in [2.75, 3.05) is 6.54 Å². The summed E-state index contributed by atoms with van der Waals surface area (Å²) in [6.07, 6.45) is 7.74. The fraction of sp³-hybridized carbons (Fsp3) is 0.625. The number of hydrogen-bond donors (Lipinski definition) is 1. The summed E-state index contributed by atoms with van der Waals surface area (Å²) in [7, 11) is 0. The van der Waals surface area contributed by atoms with Crippen molar-refractivity contribution in [2.24, 2.45) is 5.73 Å². The van der Waals surface area contributed by atoms with Gasteiger partial charge in [-0.15, -0.1) is 0 Å². The molecular formula is C16H25N. The zero-order chi connectivity index (χ0) is 12.3. The van der Waals surface area contributed by atoms with Crippen LogP contribution in [0.15, 0.2) is 18.2 Å². The summed E-state index contributed by atoms with van der Waals surface area (Å²) in [5, 5.41) is 0. The predicted molar refractivity (Wildman–Crippen MR) is 74.4 cm³/mol. The van der Waals surface area contributed by atoms with Crippen LogP contribution in [-0.4, -0.2) is 6.54 Å². The fourth-order valence-corrected chi connectivity index (χ4v) is 3.22. The first kappa shape index (κ1) is 12.6. The molecule has 0 heterocycles. The van der Waals surface area contributed by atoms with Gasteiger partial charge in [0, 0.05) is 12.0 Å². The molecule has 1 fully saturated rings. The molecule has 94 valence electrons. The summed E-state index contributed by atoms with van der Waals surface area (Å²) in [6.45, 7) is 5.25. The van der Waals surface area contributed by atoms with Gasteiger partial charge >= 0.3 is 0 Å². The molecule has 1 aliphatic carbocycles. The topological polar surface area (TPSA) is 26.0 Å². The minimum Gasteiger partial charge on any atom is -0.330 e. The van der Waals surface area contributed by atoms with E-state index in [0.29, 0.717) is 0 Å². The Bertz CT molecular complexity index is 375. The maximum absolute atomic E-state index is 6.10. The maximum atomic E-state index is 6.10. The van der Waals surface area contributed by atoms with Gasteiger partial charge in [-0.25, -0.2) is 0 Å². The van der Waals surface area contributed by atoms with E-state index in [1.165, 1.54) is 48.8 Å². The van der Waals surface area contributed by atoms with Crippen LogP contribution in [0.25, 0.3) is 0 Å². The van der Waals surface area contributed by atoms with Crippen LogP contribution in [0.3, 0.4) is 0 Å². The summed E-state index contributed by atoms with van der Waals surface area (Å²) in [4.78, 5) is 0. The lowest BCUT2D eigenvalue weighted by Crippen LogP contribution is -2.37. The van der Waals surface area contributed by atoms with Gasteiger partial charge in [-0.1, -0.05) is 44.4 Å². The van der Waals surface area contributed by atoms with E-state index in [-0.39, 0.29) is 5.41 Å². The van der Waals surface area contributed by atoms with Gasteiger partial charge in [0.15, 0.2) is 0 Å². The molecule has 2 rings (SSSR count). The van der Waals surface area contributed by atoms with Gasteiger partial charge in [-0.2, -0.15) is 0 Å². The third-order valence-electron chi connectivity index (χ3n) is 4.54. The van der Waals surface area contributed by atoms with Gasteiger partial charge < -0.3 is 5.73 Å². The summed E-state index contributed by atoms with van der Waals surface area (Å²) >= 11 is 0. The molecule has 1 aliphatic rings. The van der Waals surface area contributed by atoms with E-state index in [1.807, 2.05) is 0 Å². The standard InChI is InChI=1S/C16H25N/c1-3-14-11-15(8-7-13(14)2)16(12-17)9-5-4-6-10-16/h7-8,11H,3-6,9-10,12,17H2,1-2H3. The Kier molecular flexibility index (Phi) is 3.88. The van der Waals surface area contributed by atoms with Crippen molar-refractivity contribution >= 4 is 0 Å². The van der Waals surface area contributed by atoms with E-state index in [9.17, 15) is 0 Å². The molecule has 0 spiro atoms. The number of nitrogens with two attached hydrogens (primary N) is 1. The molecule has 0 bridgehead atoms. The molecule has 1 aromatic rings. The second kappa shape index (κ2) is 5.22. The molecule has 0 aromatic heterocycles. The third kappa shape index (κ3) is 2.40. The first-order valence-corrected chi connectivity index (χ1v) is 7.02. The van der Waals surface area contributed by atoms with Gasteiger partial charge in [0.05, 0.1) is 0 Å². The van der Waals surface area contributed by atoms with Gasteiger partial charge in [0.2, 0.25) is 0 Å². The van der Waals surface area contributed by atoms with Crippen LogP contribution in [0.5, 0.6) is 0 Å². The van der Waals surface area contributed by atoms with Gasteiger partial charge in [0.1, 0.15) is 0 Å². The number of aryl methyl sites for hydroxylation is 2. The molecular weight excluding hydrogens is 206 g/mol. The lowest BCUT2D eigenvalue weighted by Gasteiger charge is -2.37. The van der Waals surface area contributed by atoms with Gasteiger partial charge in [0.25, 0.3) is 0 Å². The fourth-order valence-electron chi connectivity index (χ4n) is 3.22.